The summed E-state index contributed by atoms with van der Waals surface area (Å²) in [4.78, 5) is 13.4. The van der Waals surface area contributed by atoms with Crippen LogP contribution >= 0.6 is 23.4 Å². The van der Waals surface area contributed by atoms with Crippen molar-refractivity contribution < 1.29 is 34.0 Å². The fourth-order valence-electron chi connectivity index (χ4n) is 5.47. The van der Waals surface area contributed by atoms with Gasteiger partial charge >= 0.3 is 0 Å². The van der Waals surface area contributed by atoms with Gasteiger partial charge in [0.15, 0.2) is 0 Å². The summed E-state index contributed by atoms with van der Waals surface area (Å²) in [5.74, 6) is -0.541. The molecule has 3 aliphatic heterocycles. The SMILES string of the molecule is CSC1OC([C@H](NC(=O)[C@H]2NC[C@@H]3C[C@@H](c4ccccc4F)CCO[C@H]32)[C@H](C)Cl)C(O)C(O)C1O. The van der Waals surface area contributed by atoms with Gasteiger partial charge in [0.25, 0.3) is 0 Å². The molecule has 4 rings (SSSR count). The number of ether oxygens (including phenoxy) is 2. The first-order chi connectivity index (χ1) is 16.7. The molecular weight excluding hydrogens is 499 g/mol. The van der Waals surface area contributed by atoms with Crippen molar-refractivity contribution in [2.45, 2.75) is 79.1 Å². The number of rotatable bonds is 6. The van der Waals surface area contributed by atoms with Gasteiger partial charge in [0.1, 0.15) is 41.7 Å². The summed E-state index contributed by atoms with van der Waals surface area (Å²) in [6.45, 7) is 2.63. The van der Waals surface area contributed by atoms with Crippen LogP contribution in [0.5, 0.6) is 0 Å². The number of nitrogens with one attached hydrogen (secondary N) is 2. The van der Waals surface area contributed by atoms with Crippen LogP contribution in [0, 0.1) is 11.7 Å². The van der Waals surface area contributed by atoms with Gasteiger partial charge in [-0.1, -0.05) is 18.2 Å². The lowest BCUT2D eigenvalue weighted by Gasteiger charge is -2.44. The number of thioether (sulfide) groups is 1. The Bertz CT molecular complexity index is 882. The Kier molecular flexibility index (Phi) is 8.97. The normalized spacial score (nSPS) is 39.3. The van der Waals surface area contributed by atoms with Gasteiger partial charge in [-0.15, -0.1) is 23.4 Å². The van der Waals surface area contributed by atoms with E-state index in [1.807, 2.05) is 12.1 Å². The Hall–Kier alpha value is -0.980. The van der Waals surface area contributed by atoms with Crippen LogP contribution in [-0.2, 0) is 14.3 Å². The average Bonchev–Trinajstić information content (AvgIpc) is 3.12. The van der Waals surface area contributed by atoms with Crippen molar-refractivity contribution in [3.05, 3.63) is 35.6 Å². The maximum Gasteiger partial charge on any atom is 0.240 e. The molecule has 0 aliphatic carbocycles. The molecule has 0 bridgehead atoms. The van der Waals surface area contributed by atoms with Crippen molar-refractivity contribution in [2.24, 2.45) is 5.92 Å². The van der Waals surface area contributed by atoms with Crippen LogP contribution in [0.15, 0.2) is 24.3 Å². The second-order valence-corrected chi connectivity index (χ2v) is 11.2. The quantitative estimate of drug-likeness (QED) is 0.344. The minimum absolute atomic E-state index is 0.00704. The molecule has 0 spiro atoms. The van der Waals surface area contributed by atoms with Crippen LogP contribution in [0.4, 0.5) is 4.39 Å². The van der Waals surface area contributed by atoms with Crippen molar-refractivity contribution in [3.63, 3.8) is 0 Å². The van der Waals surface area contributed by atoms with Crippen molar-refractivity contribution in [1.82, 2.24) is 10.6 Å². The molecule has 1 aromatic rings. The molecule has 1 aromatic carbocycles. The van der Waals surface area contributed by atoms with Crippen LogP contribution in [0.2, 0.25) is 0 Å². The summed E-state index contributed by atoms with van der Waals surface area (Å²) in [6, 6.07) is 5.31. The Morgan fingerprint density at radius 3 is 2.69 bits per heavy atom. The summed E-state index contributed by atoms with van der Waals surface area (Å²) < 4.78 is 26.3. The molecule has 0 radical (unpaired) electrons. The van der Waals surface area contributed by atoms with E-state index in [2.05, 4.69) is 10.6 Å². The number of aliphatic hydroxyl groups excluding tert-OH is 3. The van der Waals surface area contributed by atoms with Gasteiger partial charge < -0.3 is 35.4 Å². The minimum Gasteiger partial charge on any atom is -0.388 e. The highest BCUT2D eigenvalue weighted by Crippen LogP contribution is 2.37. The topological polar surface area (TPSA) is 120 Å². The number of hydrogen-bond acceptors (Lipinski definition) is 8. The van der Waals surface area contributed by atoms with Crippen LogP contribution in [0.1, 0.15) is 31.2 Å². The summed E-state index contributed by atoms with van der Waals surface area (Å²) in [7, 11) is 0. The predicted octanol–water partition coefficient (Wildman–Crippen LogP) is 0.959. The van der Waals surface area contributed by atoms with Crippen molar-refractivity contribution >= 4 is 29.3 Å². The highest BCUT2D eigenvalue weighted by molar-refractivity contribution is 7.99. The molecule has 35 heavy (non-hydrogen) atoms. The second kappa shape index (κ2) is 11.6. The van der Waals surface area contributed by atoms with Crippen LogP contribution in [0.3, 0.4) is 0 Å². The molecule has 3 saturated heterocycles. The first-order valence-corrected chi connectivity index (χ1v) is 13.7. The van der Waals surface area contributed by atoms with E-state index in [1.54, 1.807) is 19.2 Å². The maximum absolute atomic E-state index is 14.4. The Labute approximate surface area is 213 Å². The third kappa shape index (κ3) is 5.65. The lowest BCUT2D eigenvalue weighted by molar-refractivity contribution is -0.205. The number of amides is 1. The molecule has 1 amide bonds. The Balaban J connectivity index is 1.45. The number of hydrogen-bond donors (Lipinski definition) is 5. The molecule has 5 unspecified atom stereocenters. The van der Waals surface area contributed by atoms with E-state index in [0.29, 0.717) is 31.6 Å². The van der Waals surface area contributed by atoms with E-state index in [0.717, 1.165) is 0 Å². The molecule has 5 N–H and O–H groups in total. The molecule has 3 heterocycles. The van der Waals surface area contributed by atoms with Crippen LogP contribution in [0.25, 0.3) is 0 Å². The van der Waals surface area contributed by atoms with E-state index in [1.165, 1.54) is 17.8 Å². The van der Waals surface area contributed by atoms with Gasteiger partial charge in [0, 0.05) is 19.1 Å². The molecule has 0 saturated carbocycles. The van der Waals surface area contributed by atoms with E-state index < -0.39 is 47.3 Å². The molecular formula is C24H34ClFN2O6S. The van der Waals surface area contributed by atoms with Gasteiger partial charge in [-0.2, -0.15) is 0 Å². The zero-order valence-corrected chi connectivity index (χ0v) is 21.3. The van der Waals surface area contributed by atoms with Gasteiger partial charge in [-0.05, 0) is 43.6 Å². The summed E-state index contributed by atoms with van der Waals surface area (Å²) >= 11 is 7.58. The minimum atomic E-state index is -1.43. The monoisotopic (exact) mass is 532 g/mol. The maximum atomic E-state index is 14.4. The average molecular weight is 533 g/mol. The van der Waals surface area contributed by atoms with Gasteiger partial charge in [-0.25, -0.2) is 4.39 Å². The molecule has 3 fully saturated rings. The number of carbonyl (C=O) groups is 1. The zero-order chi connectivity index (χ0) is 25.3. The number of alkyl halides is 1. The molecule has 11 atom stereocenters. The summed E-state index contributed by atoms with van der Waals surface area (Å²) in [5.41, 5.74) is -0.101. The van der Waals surface area contributed by atoms with Crippen LogP contribution < -0.4 is 10.6 Å². The number of halogens is 2. The number of aliphatic hydroxyl groups is 3. The smallest absolute Gasteiger partial charge is 0.240 e. The summed E-state index contributed by atoms with van der Waals surface area (Å²) in [5, 5.41) is 36.5. The molecule has 3 aliphatic rings. The molecule has 11 heteroatoms. The highest BCUT2D eigenvalue weighted by atomic mass is 35.5. The van der Waals surface area contributed by atoms with E-state index in [-0.39, 0.29) is 29.7 Å². The van der Waals surface area contributed by atoms with Crippen molar-refractivity contribution in [3.8, 4) is 0 Å². The zero-order valence-electron chi connectivity index (χ0n) is 19.7. The fourth-order valence-corrected chi connectivity index (χ4v) is 6.36. The lowest BCUT2D eigenvalue weighted by Crippen LogP contribution is -2.65. The second-order valence-electron chi connectivity index (χ2n) is 9.61. The van der Waals surface area contributed by atoms with E-state index in [4.69, 9.17) is 21.1 Å². The third-order valence-electron chi connectivity index (χ3n) is 7.38. The fraction of sp³-hybridized carbons (Fsp3) is 0.708. The van der Waals surface area contributed by atoms with Gasteiger partial charge in [0.2, 0.25) is 5.91 Å². The van der Waals surface area contributed by atoms with E-state index >= 15 is 0 Å². The van der Waals surface area contributed by atoms with Crippen LogP contribution in [-0.4, -0.2) is 94.1 Å². The van der Waals surface area contributed by atoms with Gasteiger partial charge in [0.05, 0.1) is 17.5 Å². The Morgan fingerprint density at radius 2 is 2.00 bits per heavy atom. The largest absolute Gasteiger partial charge is 0.388 e. The first-order valence-electron chi connectivity index (χ1n) is 12.0. The predicted molar refractivity (Wildman–Crippen MR) is 131 cm³/mol. The lowest BCUT2D eigenvalue weighted by atomic mass is 9.85. The third-order valence-corrected chi connectivity index (χ3v) is 8.51. The number of fused-ring (bicyclic) bond motifs is 1. The molecule has 196 valence electrons. The molecule has 0 aromatic heterocycles. The standard InChI is InChI=1S/C24H34ClFN2O6S/c1-11(25)16(22-19(30)18(29)20(31)24(34-22)35-2)28-23(32)17-21-13(10-27-17)9-12(7-8-33-21)14-5-3-4-6-15(14)26/h3-6,11-13,16-22,24,27,29-31H,7-10H2,1-2H3,(H,28,32)/t11-,12-,13-,16+,17-,18?,19?,20?,21+,22?,24?/m0/s1. The number of benzene rings is 1. The van der Waals surface area contributed by atoms with Crippen molar-refractivity contribution in [2.75, 3.05) is 19.4 Å². The number of carbonyl (C=O) groups excluding carboxylic acids is 1. The molecule has 8 nitrogen and oxygen atoms in total. The highest BCUT2D eigenvalue weighted by Gasteiger charge is 2.49. The van der Waals surface area contributed by atoms with Crippen molar-refractivity contribution in [1.29, 1.82) is 0 Å². The first kappa shape index (κ1) is 27.1. The van der Waals surface area contributed by atoms with Gasteiger partial charge in [-0.3, -0.25) is 4.79 Å². The van der Waals surface area contributed by atoms with E-state index in [9.17, 15) is 24.5 Å². The summed E-state index contributed by atoms with van der Waals surface area (Å²) in [6.07, 6.45) is -2.45. The Morgan fingerprint density at radius 1 is 1.26 bits per heavy atom.